The highest BCUT2D eigenvalue weighted by Crippen LogP contribution is 2.55. The van der Waals surface area contributed by atoms with Gasteiger partial charge in [-0.2, -0.15) is 0 Å². The molecule has 0 aromatic heterocycles. The summed E-state index contributed by atoms with van der Waals surface area (Å²) >= 11 is 0. The molecule has 0 aliphatic carbocycles. The van der Waals surface area contributed by atoms with Gasteiger partial charge in [0.05, 0.1) is 0 Å². The summed E-state index contributed by atoms with van der Waals surface area (Å²) in [4.78, 5) is 0. The Morgan fingerprint density at radius 3 is 1.36 bits per heavy atom. The molecule has 84 valence electrons. The minimum Gasteiger partial charge on any atom is -0.302 e. The van der Waals surface area contributed by atoms with E-state index in [0.717, 1.165) is 0 Å². The molecule has 0 aromatic carbocycles. The normalized spacial score (nSPS) is 31.7. The minimum atomic E-state index is 0.304. The van der Waals surface area contributed by atoms with Gasteiger partial charge in [-0.15, -0.1) is 0 Å². The molecule has 1 unspecified atom stereocenters. The first-order valence-corrected chi connectivity index (χ1v) is 5.71. The van der Waals surface area contributed by atoms with E-state index in [1.165, 1.54) is 6.42 Å². The summed E-state index contributed by atoms with van der Waals surface area (Å²) in [6.07, 6.45) is 1.25. The van der Waals surface area contributed by atoms with Gasteiger partial charge < -0.3 is 5.32 Å². The lowest BCUT2D eigenvalue weighted by molar-refractivity contribution is 0.186. The van der Waals surface area contributed by atoms with Crippen LogP contribution in [0.3, 0.4) is 0 Å². The standard InChI is InChI=1S/C13H27N/c1-10(2,3)9-13(11(4,5)6)12(7,8)14-13/h14H,9H2,1-8H3. The maximum Gasteiger partial charge on any atom is 0.0417 e. The zero-order chi connectivity index (χ0) is 11.4. The summed E-state index contributed by atoms with van der Waals surface area (Å²) in [5.74, 6) is 0. The van der Waals surface area contributed by atoms with Gasteiger partial charge in [-0.05, 0) is 31.1 Å². The molecule has 0 aromatic rings. The van der Waals surface area contributed by atoms with E-state index in [9.17, 15) is 0 Å². The lowest BCUT2D eigenvalue weighted by Crippen LogP contribution is -2.40. The molecule has 1 heteroatoms. The fourth-order valence-electron chi connectivity index (χ4n) is 2.95. The quantitative estimate of drug-likeness (QED) is 0.638. The molecule has 1 aliphatic rings. The summed E-state index contributed by atoms with van der Waals surface area (Å²) in [6, 6.07) is 0. The average molecular weight is 197 g/mol. The molecular formula is C13H27N. The lowest BCUT2D eigenvalue weighted by Gasteiger charge is -2.37. The van der Waals surface area contributed by atoms with Crippen molar-refractivity contribution in [3.63, 3.8) is 0 Å². The molecule has 1 saturated heterocycles. The fourth-order valence-corrected chi connectivity index (χ4v) is 2.95. The van der Waals surface area contributed by atoms with E-state index in [0.29, 0.717) is 21.9 Å². The van der Waals surface area contributed by atoms with Gasteiger partial charge in [-0.25, -0.2) is 0 Å². The predicted octanol–water partition coefficient (Wildman–Crippen LogP) is 3.59. The molecular weight excluding hydrogens is 170 g/mol. The number of hydrogen-bond donors (Lipinski definition) is 1. The monoisotopic (exact) mass is 197 g/mol. The molecule has 1 N–H and O–H groups in total. The molecule has 0 saturated carbocycles. The number of hydrogen-bond acceptors (Lipinski definition) is 1. The smallest absolute Gasteiger partial charge is 0.0417 e. The van der Waals surface area contributed by atoms with Gasteiger partial charge in [0, 0.05) is 11.1 Å². The van der Waals surface area contributed by atoms with E-state index >= 15 is 0 Å². The minimum absolute atomic E-state index is 0.304. The van der Waals surface area contributed by atoms with Gasteiger partial charge >= 0.3 is 0 Å². The molecule has 1 rings (SSSR count). The van der Waals surface area contributed by atoms with E-state index in [1.807, 2.05) is 0 Å². The molecule has 1 heterocycles. The van der Waals surface area contributed by atoms with Crippen LogP contribution in [-0.4, -0.2) is 11.1 Å². The zero-order valence-corrected chi connectivity index (χ0v) is 11.2. The molecule has 1 nitrogen and oxygen atoms in total. The van der Waals surface area contributed by atoms with Crippen LogP contribution in [0.15, 0.2) is 0 Å². The van der Waals surface area contributed by atoms with Crippen molar-refractivity contribution in [2.75, 3.05) is 0 Å². The SMILES string of the molecule is CC(C)(C)CC1(C(C)(C)C)NC1(C)C. The van der Waals surface area contributed by atoms with Crippen LogP contribution in [0, 0.1) is 10.8 Å². The third-order valence-electron chi connectivity index (χ3n) is 3.61. The second kappa shape index (κ2) is 2.75. The largest absolute Gasteiger partial charge is 0.302 e. The molecule has 14 heavy (non-hydrogen) atoms. The van der Waals surface area contributed by atoms with Gasteiger partial charge in [0.1, 0.15) is 0 Å². The molecule has 1 atom stereocenters. The second-order valence-corrected chi connectivity index (χ2v) is 7.64. The van der Waals surface area contributed by atoms with Crippen LogP contribution in [0.1, 0.15) is 61.8 Å². The summed E-state index contributed by atoms with van der Waals surface area (Å²) in [5, 5.41) is 3.72. The molecule has 0 radical (unpaired) electrons. The maximum absolute atomic E-state index is 3.72. The molecule has 1 fully saturated rings. The zero-order valence-electron chi connectivity index (χ0n) is 11.2. The Hall–Kier alpha value is -0.0400. The van der Waals surface area contributed by atoms with Gasteiger partial charge in [-0.1, -0.05) is 41.5 Å². The Morgan fingerprint density at radius 1 is 0.929 bits per heavy atom. The number of nitrogens with one attached hydrogen (secondary N) is 1. The van der Waals surface area contributed by atoms with Crippen LogP contribution in [0.5, 0.6) is 0 Å². The Morgan fingerprint density at radius 2 is 1.29 bits per heavy atom. The first kappa shape index (κ1) is 12.0. The molecule has 0 spiro atoms. The number of rotatable bonds is 1. The summed E-state index contributed by atoms with van der Waals surface area (Å²) in [5.41, 5.74) is 1.36. The van der Waals surface area contributed by atoms with Crippen LogP contribution in [0.25, 0.3) is 0 Å². The maximum atomic E-state index is 3.72. The van der Waals surface area contributed by atoms with Crippen LogP contribution in [0.2, 0.25) is 0 Å². The first-order chi connectivity index (χ1) is 5.91. The topological polar surface area (TPSA) is 21.9 Å². The highest BCUT2D eigenvalue weighted by atomic mass is 15.3. The van der Waals surface area contributed by atoms with Crippen molar-refractivity contribution in [2.45, 2.75) is 72.9 Å². The third-order valence-corrected chi connectivity index (χ3v) is 3.61. The van der Waals surface area contributed by atoms with Crippen molar-refractivity contribution < 1.29 is 0 Å². The van der Waals surface area contributed by atoms with Crippen LogP contribution >= 0.6 is 0 Å². The highest BCUT2D eigenvalue weighted by Gasteiger charge is 2.66. The van der Waals surface area contributed by atoms with Gasteiger partial charge in [0.15, 0.2) is 0 Å². The van der Waals surface area contributed by atoms with E-state index in [1.54, 1.807) is 0 Å². The third kappa shape index (κ3) is 1.84. The molecule has 0 amide bonds. The van der Waals surface area contributed by atoms with E-state index in [-0.39, 0.29) is 0 Å². The van der Waals surface area contributed by atoms with Crippen molar-refractivity contribution >= 4 is 0 Å². The van der Waals surface area contributed by atoms with Crippen LogP contribution in [-0.2, 0) is 0 Å². The Labute approximate surface area is 89.7 Å². The van der Waals surface area contributed by atoms with Crippen molar-refractivity contribution in [1.82, 2.24) is 5.32 Å². The fraction of sp³-hybridized carbons (Fsp3) is 1.00. The van der Waals surface area contributed by atoms with Crippen molar-refractivity contribution in [3.8, 4) is 0 Å². The van der Waals surface area contributed by atoms with Gasteiger partial charge in [0.2, 0.25) is 0 Å². The Balaban J connectivity index is 2.90. The summed E-state index contributed by atoms with van der Waals surface area (Å²) in [6.45, 7) is 18.7. The Bertz CT molecular complexity index is 227. The Kier molecular flexibility index (Phi) is 2.36. The van der Waals surface area contributed by atoms with Crippen LogP contribution in [0.4, 0.5) is 0 Å². The van der Waals surface area contributed by atoms with E-state index < -0.39 is 0 Å². The highest BCUT2D eigenvalue weighted by molar-refractivity contribution is 5.27. The second-order valence-electron chi connectivity index (χ2n) is 7.64. The van der Waals surface area contributed by atoms with Crippen molar-refractivity contribution in [3.05, 3.63) is 0 Å². The van der Waals surface area contributed by atoms with Crippen molar-refractivity contribution in [2.24, 2.45) is 10.8 Å². The summed E-state index contributed by atoms with van der Waals surface area (Å²) < 4.78 is 0. The van der Waals surface area contributed by atoms with E-state index in [4.69, 9.17) is 0 Å². The first-order valence-electron chi connectivity index (χ1n) is 5.71. The lowest BCUT2D eigenvalue weighted by atomic mass is 9.67. The van der Waals surface area contributed by atoms with Crippen molar-refractivity contribution in [1.29, 1.82) is 0 Å². The average Bonchev–Trinajstić information content (AvgIpc) is 2.27. The van der Waals surface area contributed by atoms with Gasteiger partial charge in [0.25, 0.3) is 0 Å². The molecule has 1 aliphatic heterocycles. The summed E-state index contributed by atoms with van der Waals surface area (Å²) in [7, 11) is 0. The van der Waals surface area contributed by atoms with Gasteiger partial charge in [-0.3, -0.25) is 0 Å². The predicted molar refractivity (Wildman–Crippen MR) is 63.5 cm³/mol. The van der Waals surface area contributed by atoms with E-state index in [2.05, 4.69) is 60.7 Å². The van der Waals surface area contributed by atoms with Crippen LogP contribution < -0.4 is 5.32 Å². The molecule has 0 bridgehead atoms.